The zero-order chi connectivity index (χ0) is 13.1. The molecule has 0 aliphatic carbocycles. The maximum Gasteiger partial charge on any atom is 0.264 e. The van der Waals surface area contributed by atoms with Crippen LogP contribution in [0.4, 0.5) is 0 Å². The summed E-state index contributed by atoms with van der Waals surface area (Å²) in [6, 6.07) is 0. The fourth-order valence-electron chi connectivity index (χ4n) is 1.21. The standard InChI is InChI=1S/C10H21NO5S/c1-10(2,3)16-9-8(15-9)11-6-5-7-14-17(4,12)13/h8-9,11H,5-7H2,1-4H3. The molecule has 0 aromatic rings. The first-order chi connectivity index (χ1) is 7.67. The average Bonchev–Trinajstić information content (AvgIpc) is 2.77. The van der Waals surface area contributed by atoms with Gasteiger partial charge in [-0.1, -0.05) is 0 Å². The molecule has 6 nitrogen and oxygen atoms in total. The summed E-state index contributed by atoms with van der Waals surface area (Å²) in [6.07, 6.45) is 1.35. The Bertz CT molecular complexity index is 335. The van der Waals surface area contributed by atoms with Crippen molar-refractivity contribution in [2.45, 2.75) is 45.3 Å². The molecule has 0 aromatic heterocycles. The number of nitrogens with one attached hydrogen (secondary N) is 1. The highest BCUT2D eigenvalue weighted by molar-refractivity contribution is 7.85. The van der Waals surface area contributed by atoms with Crippen LogP contribution in [-0.2, 0) is 23.8 Å². The molecular formula is C10H21NO5S. The van der Waals surface area contributed by atoms with Crippen molar-refractivity contribution in [3.8, 4) is 0 Å². The molecule has 0 radical (unpaired) electrons. The predicted molar refractivity (Wildman–Crippen MR) is 62.9 cm³/mol. The van der Waals surface area contributed by atoms with Crippen molar-refractivity contribution in [1.29, 1.82) is 0 Å². The number of rotatable bonds is 7. The molecule has 0 amide bonds. The third-order valence-electron chi connectivity index (χ3n) is 1.89. The van der Waals surface area contributed by atoms with E-state index in [1.807, 2.05) is 20.8 Å². The first kappa shape index (κ1) is 14.8. The lowest BCUT2D eigenvalue weighted by Crippen LogP contribution is -2.27. The van der Waals surface area contributed by atoms with Gasteiger partial charge in [0.25, 0.3) is 10.1 Å². The SMILES string of the molecule is CC(C)(C)OC1OC1NCCCOS(C)(=O)=O. The summed E-state index contributed by atoms with van der Waals surface area (Å²) in [5, 5.41) is 3.09. The van der Waals surface area contributed by atoms with E-state index in [0.29, 0.717) is 13.0 Å². The first-order valence-electron chi connectivity index (χ1n) is 5.58. The van der Waals surface area contributed by atoms with E-state index in [1.54, 1.807) is 0 Å². The Morgan fingerprint density at radius 3 is 2.53 bits per heavy atom. The van der Waals surface area contributed by atoms with E-state index in [2.05, 4.69) is 9.50 Å². The molecular weight excluding hydrogens is 246 g/mol. The largest absolute Gasteiger partial charge is 0.343 e. The summed E-state index contributed by atoms with van der Waals surface area (Å²) >= 11 is 0. The minimum absolute atomic E-state index is 0.0903. The molecule has 1 aliphatic heterocycles. The second-order valence-electron chi connectivity index (χ2n) is 4.99. The second kappa shape index (κ2) is 5.62. The molecule has 1 heterocycles. The molecule has 1 aliphatic rings. The van der Waals surface area contributed by atoms with Crippen molar-refractivity contribution in [3.63, 3.8) is 0 Å². The fourth-order valence-corrected chi connectivity index (χ4v) is 1.63. The van der Waals surface area contributed by atoms with Gasteiger partial charge in [0.15, 0.2) is 12.5 Å². The Balaban J connectivity index is 2.00. The maximum absolute atomic E-state index is 10.7. The molecule has 17 heavy (non-hydrogen) atoms. The number of hydrogen-bond acceptors (Lipinski definition) is 6. The maximum atomic E-state index is 10.7. The van der Waals surface area contributed by atoms with Crippen LogP contribution in [0.2, 0.25) is 0 Å². The van der Waals surface area contributed by atoms with Crippen molar-refractivity contribution in [2.75, 3.05) is 19.4 Å². The number of epoxide rings is 1. The third kappa shape index (κ3) is 7.67. The van der Waals surface area contributed by atoms with E-state index >= 15 is 0 Å². The van der Waals surface area contributed by atoms with E-state index in [-0.39, 0.29) is 24.7 Å². The van der Waals surface area contributed by atoms with Crippen molar-refractivity contribution >= 4 is 10.1 Å². The Morgan fingerprint density at radius 2 is 2.00 bits per heavy atom. The molecule has 2 atom stereocenters. The van der Waals surface area contributed by atoms with Crippen LogP contribution in [0.15, 0.2) is 0 Å². The predicted octanol–water partition coefficient (Wildman–Crippen LogP) is 0.440. The molecule has 0 aromatic carbocycles. The van der Waals surface area contributed by atoms with Gasteiger partial charge in [0.05, 0.1) is 18.5 Å². The topological polar surface area (TPSA) is 77.2 Å². The third-order valence-corrected chi connectivity index (χ3v) is 2.48. The monoisotopic (exact) mass is 267 g/mol. The first-order valence-corrected chi connectivity index (χ1v) is 7.40. The van der Waals surface area contributed by atoms with Crippen LogP contribution in [0.25, 0.3) is 0 Å². The number of ether oxygens (including phenoxy) is 2. The summed E-state index contributed by atoms with van der Waals surface area (Å²) in [5.41, 5.74) is -0.222. The lowest BCUT2D eigenvalue weighted by Gasteiger charge is -2.17. The molecule has 1 N–H and O–H groups in total. The van der Waals surface area contributed by atoms with Crippen molar-refractivity contribution in [1.82, 2.24) is 5.32 Å². The van der Waals surface area contributed by atoms with Crippen LogP contribution in [0.5, 0.6) is 0 Å². The number of hydrogen-bond donors (Lipinski definition) is 1. The van der Waals surface area contributed by atoms with Gasteiger partial charge in [0.1, 0.15) is 0 Å². The lowest BCUT2D eigenvalue weighted by molar-refractivity contribution is -0.0571. The molecule has 7 heteroatoms. The van der Waals surface area contributed by atoms with Gasteiger partial charge in [-0.25, -0.2) is 0 Å². The summed E-state index contributed by atoms with van der Waals surface area (Å²) in [6.45, 7) is 6.70. The van der Waals surface area contributed by atoms with Crippen molar-refractivity contribution in [2.24, 2.45) is 0 Å². The highest BCUT2D eigenvalue weighted by Crippen LogP contribution is 2.25. The van der Waals surface area contributed by atoms with Gasteiger partial charge in [0.2, 0.25) is 0 Å². The van der Waals surface area contributed by atoms with Gasteiger partial charge >= 0.3 is 0 Å². The molecule has 1 saturated heterocycles. The van der Waals surface area contributed by atoms with Crippen LogP contribution in [0, 0.1) is 0 Å². The quantitative estimate of drug-likeness (QED) is 0.410. The van der Waals surface area contributed by atoms with Gasteiger partial charge in [-0.3, -0.25) is 9.50 Å². The highest BCUT2D eigenvalue weighted by atomic mass is 32.2. The van der Waals surface area contributed by atoms with Gasteiger partial charge in [-0.15, -0.1) is 0 Å². The molecule has 0 spiro atoms. The van der Waals surface area contributed by atoms with Crippen LogP contribution in [-0.4, -0.2) is 45.9 Å². The zero-order valence-electron chi connectivity index (χ0n) is 10.7. The molecule has 1 rings (SSSR count). The second-order valence-corrected chi connectivity index (χ2v) is 6.63. The van der Waals surface area contributed by atoms with Crippen LogP contribution >= 0.6 is 0 Å². The smallest absolute Gasteiger partial charge is 0.264 e. The fraction of sp³-hybridized carbons (Fsp3) is 1.00. The van der Waals surface area contributed by atoms with E-state index in [4.69, 9.17) is 9.47 Å². The van der Waals surface area contributed by atoms with Crippen LogP contribution in [0.3, 0.4) is 0 Å². The van der Waals surface area contributed by atoms with Crippen molar-refractivity contribution in [3.05, 3.63) is 0 Å². The summed E-state index contributed by atoms with van der Waals surface area (Å²) in [4.78, 5) is 0. The van der Waals surface area contributed by atoms with Gasteiger partial charge in [-0.2, -0.15) is 8.42 Å². The van der Waals surface area contributed by atoms with Crippen molar-refractivity contribution < 1.29 is 22.1 Å². The van der Waals surface area contributed by atoms with Gasteiger partial charge in [0, 0.05) is 0 Å². The highest BCUT2D eigenvalue weighted by Gasteiger charge is 2.42. The van der Waals surface area contributed by atoms with E-state index < -0.39 is 10.1 Å². The van der Waals surface area contributed by atoms with E-state index in [1.165, 1.54) is 0 Å². The van der Waals surface area contributed by atoms with Crippen LogP contribution in [0.1, 0.15) is 27.2 Å². The molecule has 0 bridgehead atoms. The normalized spacial score (nSPS) is 24.9. The summed E-state index contributed by atoms with van der Waals surface area (Å²) in [5.74, 6) is 0. The lowest BCUT2D eigenvalue weighted by atomic mass is 10.2. The minimum Gasteiger partial charge on any atom is -0.343 e. The molecule has 2 unspecified atom stereocenters. The Morgan fingerprint density at radius 1 is 1.35 bits per heavy atom. The molecule has 102 valence electrons. The van der Waals surface area contributed by atoms with Gasteiger partial charge in [-0.05, 0) is 33.7 Å². The summed E-state index contributed by atoms with van der Waals surface area (Å²) in [7, 11) is -3.33. The van der Waals surface area contributed by atoms with Gasteiger partial charge < -0.3 is 9.47 Å². The molecule has 0 saturated carbocycles. The average molecular weight is 267 g/mol. The Kier molecular flexibility index (Phi) is 4.91. The Hall–Kier alpha value is -0.210. The van der Waals surface area contributed by atoms with Crippen LogP contribution < -0.4 is 5.32 Å². The Labute approximate surface area is 103 Å². The summed E-state index contributed by atoms with van der Waals surface area (Å²) < 4.78 is 36.7. The van der Waals surface area contributed by atoms with E-state index in [0.717, 1.165) is 6.26 Å². The molecule has 1 fully saturated rings. The minimum atomic E-state index is -3.33. The zero-order valence-corrected chi connectivity index (χ0v) is 11.5. The van der Waals surface area contributed by atoms with E-state index in [9.17, 15) is 8.42 Å².